The van der Waals surface area contributed by atoms with Crippen molar-refractivity contribution in [1.29, 1.82) is 0 Å². The molecule has 212 valence electrons. The lowest BCUT2D eigenvalue weighted by Crippen LogP contribution is -2.54. The van der Waals surface area contributed by atoms with Crippen LogP contribution in [0.3, 0.4) is 0 Å². The molecule has 0 spiro atoms. The van der Waals surface area contributed by atoms with Gasteiger partial charge >= 0.3 is 6.09 Å². The first-order valence-corrected chi connectivity index (χ1v) is 14.3. The quantitative estimate of drug-likeness (QED) is 0.271. The average Bonchev–Trinajstić information content (AvgIpc) is 2.96. The molecule has 0 bridgehead atoms. The van der Waals surface area contributed by atoms with Crippen LogP contribution >= 0.6 is 0 Å². The molecule has 0 aliphatic carbocycles. The molecule has 1 aromatic heterocycles. The Bertz CT molecular complexity index is 1500. The molecule has 0 radical (unpaired) electrons. The Kier molecular flexibility index (Phi) is 8.85. The van der Waals surface area contributed by atoms with Crippen LogP contribution in [0.1, 0.15) is 25.8 Å². The molecule has 3 aromatic rings. The van der Waals surface area contributed by atoms with E-state index in [4.69, 9.17) is 4.74 Å². The second kappa shape index (κ2) is 12.3. The molecule has 40 heavy (non-hydrogen) atoms. The predicted octanol–water partition coefficient (Wildman–Crippen LogP) is 4.11. The summed E-state index contributed by atoms with van der Waals surface area (Å²) in [5.41, 5.74) is 2.32. The summed E-state index contributed by atoms with van der Waals surface area (Å²) in [6.07, 6.45) is 1.31. The molecule has 2 N–H and O–H groups in total. The second-order valence-corrected chi connectivity index (χ2v) is 10.9. The number of nitro benzene ring substituents is 1. The van der Waals surface area contributed by atoms with Gasteiger partial charge in [0.25, 0.3) is 5.69 Å². The van der Waals surface area contributed by atoms with Crippen molar-refractivity contribution in [1.82, 2.24) is 14.6 Å². The van der Waals surface area contributed by atoms with Crippen LogP contribution in [-0.4, -0.2) is 66.7 Å². The van der Waals surface area contributed by atoms with Gasteiger partial charge in [-0.3, -0.25) is 10.1 Å². The van der Waals surface area contributed by atoms with Gasteiger partial charge in [0.2, 0.25) is 15.9 Å². The topological polar surface area (TPSA) is 155 Å². The molecule has 1 amide bonds. The van der Waals surface area contributed by atoms with Crippen LogP contribution in [0.25, 0.3) is 11.1 Å². The van der Waals surface area contributed by atoms with Crippen LogP contribution in [0, 0.1) is 10.1 Å². The third-order valence-corrected chi connectivity index (χ3v) is 8.23. The maximum atomic E-state index is 13.2. The normalized spacial score (nSPS) is 15.6. The third kappa shape index (κ3) is 6.15. The Morgan fingerprint density at radius 1 is 1.18 bits per heavy atom. The number of piperazine rings is 1. The highest BCUT2D eigenvalue weighted by Gasteiger charge is 2.31. The molecular weight excluding hydrogens is 538 g/mol. The summed E-state index contributed by atoms with van der Waals surface area (Å²) in [4.78, 5) is 29.7. The molecule has 4 rings (SSSR count). The first-order chi connectivity index (χ1) is 19.2. The summed E-state index contributed by atoms with van der Waals surface area (Å²) in [5.74, 6) is 0.436. The lowest BCUT2D eigenvalue weighted by molar-refractivity contribution is -0.387. The molecule has 1 saturated heterocycles. The number of para-hydroxylation sites is 1. The largest absolute Gasteiger partial charge is 0.478 e. The van der Waals surface area contributed by atoms with E-state index in [2.05, 4.69) is 14.6 Å². The minimum atomic E-state index is -4.25. The Hall–Kier alpha value is -4.23. The number of benzene rings is 2. The zero-order valence-corrected chi connectivity index (χ0v) is 23.0. The first-order valence-electron chi connectivity index (χ1n) is 12.8. The van der Waals surface area contributed by atoms with Crippen LogP contribution < -0.4 is 14.4 Å². The zero-order chi connectivity index (χ0) is 28.9. The van der Waals surface area contributed by atoms with Crippen molar-refractivity contribution >= 4 is 27.5 Å². The maximum Gasteiger partial charge on any atom is 0.407 e. The number of carbonyl (C=O) groups is 1. The van der Waals surface area contributed by atoms with E-state index in [-0.39, 0.29) is 12.6 Å². The van der Waals surface area contributed by atoms with E-state index in [0.717, 1.165) is 22.9 Å². The Balaban J connectivity index is 1.75. The van der Waals surface area contributed by atoms with Crippen LogP contribution in [-0.2, 0) is 16.6 Å². The Morgan fingerprint density at radius 3 is 2.65 bits per heavy atom. The summed E-state index contributed by atoms with van der Waals surface area (Å²) in [5, 5.41) is 21.0. The number of nitrogens with zero attached hydrogens (tertiary/aromatic N) is 4. The molecular formula is C27H31N5O7S. The highest BCUT2D eigenvalue weighted by atomic mass is 32.2. The number of sulfonamides is 1. The van der Waals surface area contributed by atoms with E-state index in [1.807, 2.05) is 38.1 Å². The fourth-order valence-corrected chi connectivity index (χ4v) is 6.00. The van der Waals surface area contributed by atoms with Gasteiger partial charge in [-0.25, -0.2) is 22.9 Å². The number of hydrogen-bond acceptors (Lipinski definition) is 8. The summed E-state index contributed by atoms with van der Waals surface area (Å²) < 4.78 is 34.7. The Labute approximate surface area is 232 Å². The lowest BCUT2D eigenvalue weighted by atomic mass is 10.00. The monoisotopic (exact) mass is 569 g/mol. The number of aromatic nitrogens is 1. The van der Waals surface area contributed by atoms with E-state index in [0.29, 0.717) is 44.1 Å². The lowest BCUT2D eigenvalue weighted by Gasteiger charge is -2.42. The van der Waals surface area contributed by atoms with E-state index >= 15 is 0 Å². The molecule has 0 saturated carbocycles. The van der Waals surface area contributed by atoms with Crippen molar-refractivity contribution < 1.29 is 28.0 Å². The number of pyridine rings is 1. The van der Waals surface area contributed by atoms with Gasteiger partial charge < -0.3 is 19.6 Å². The van der Waals surface area contributed by atoms with Crippen LogP contribution in [0.15, 0.2) is 65.7 Å². The maximum absolute atomic E-state index is 13.2. The summed E-state index contributed by atoms with van der Waals surface area (Å²) >= 11 is 0. The van der Waals surface area contributed by atoms with Crippen LogP contribution in [0.2, 0.25) is 0 Å². The van der Waals surface area contributed by atoms with E-state index in [1.165, 1.54) is 23.1 Å². The van der Waals surface area contributed by atoms with Gasteiger partial charge in [-0.2, -0.15) is 0 Å². The molecule has 2 heterocycles. The van der Waals surface area contributed by atoms with Gasteiger partial charge in [0.05, 0.1) is 11.5 Å². The number of carboxylic acid groups (broad SMARTS) is 1. The zero-order valence-electron chi connectivity index (χ0n) is 22.2. The molecule has 1 fully saturated rings. The summed E-state index contributed by atoms with van der Waals surface area (Å²) in [6.45, 7) is 5.11. The second-order valence-electron chi connectivity index (χ2n) is 9.17. The van der Waals surface area contributed by atoms with E-state index < -0.39 is 31.6 Å². The highest BCUT2D eigenvalue weighted by Crippen LogP contribution is 2.34. The van der Waals surface area contributed by atoms with E-state index in [9.17, 15) is 28.4 Å². The van der Waals surface area contributed by atoms with Crippen molar-refractivity contribution in [2.75, 3.05) is 31.1 Å². The van der Waals surface area contributed by atoms with Gasteiger partial charge in [-0.05, 0) is 54.8 Å². The number of anilines is 1. The summed E-state index contributed by atoms with van der Waals surface area (Å²) in [6, 6.07) is 14.3. The van der Waals surface area contributed by atoms with Crippen molar-refractivity contribution in [3.8, 4) is 17.0 Å². The van der Waals surface area contributed by atoms with Gasteiger partial charge in [-0.1, -0.05) is 25.1 Å². The molecule has 2 aromatic carbocycles. The minimum absolute atomic E-state index is 0.126. The minimum Gasteiger partial charge on any atom is -0.478 e. The summed E-state index contributed by atoms with van der Waals surface area (Å²) in [7, 11) is -4.25. The number of ether oxygens (including phenoxy) is 1. The van der Waals surface area contributed by atoms with E-state index in [1.54, 1.807) is 12.3 Å². The van der Waals surface area contributed by atoms with Crippen molar-refractivity contribution in [3.05, 3.63) is 76.5 Å². The molecule has 13 heteroatoms. The standard InChI is InChI=1S/C27H31N5O7S/c1-3-21-18-30(27(33)34)14-15-31(21)23-12-11-19(22-8-7-13-28-26(22)39-4-2)16-20(23)17-29-40(37,38)25-10-6-5-9-24(25)32(35)36/h5-13,16,21,29H,3-4,14-15,17-18H2,1-2H3,(H,33,34)/t21-/m1/s1. The van der Waals surface area contributed by atoms with Crippen LogP contribution in [0.5, 0.6) is 5.88 Å². The number of amides is 1. The smallest absolute Gasteiger partial charge is 0.407 e. The van der Waals surface area contributed by atoms with Gasteiger partial charge in [0.1, 0.15) is 0 Å². The highest BCUT2D eigenvalue weighted by molar-refractivity contribution is 7.89. The first kappa shape index (κ1) is 28.8. The molecule has 12 nitrogen and oxygen atoms in total. The van der Waals surface area contributed by atoms with Crippen molar-refractivity contribution in [2.24, 2.45) is 0 Å². The fourth-order valence-electron chi connectivity index (χ4n) is 4.82. The SMILES string of the molecule is CCOc1ncccc1-c1ccc(N2CCN(C(=O)O)C[C@H]2CC)c(CNS(=O)(=O)c2ccccc2[N+](=O)[O-])c1. The number of hydrogen-bond donors (Lipinski definition) is 2. The number of nitrogens with one attached hydrogen (secondary N) is 1. The molecule has 1 atom stereocenters. The van der Waals surface area contributed by atoms with Crippen molar-refractivity contribution in [2.45, 2.75) is 37.8 Å². The van der Waals surface area contributed by atoms with Gasteiger partial charge in [-0.15, -0.1) is 0 Å². The Morgan fingerprint density at radius 2 is 1.95 bits per heavy atom. The fraction of sp³-hybridized carbons (Fsp3) is 0.333. The van der Waals surface area contributed by atoms with Crippen LogP contribution in [0.4, 0.5) is 16.2 Å². The predicted molar refractivity (Wildman–Crippen MR) is 149 cm³/mol. The van der Waals surface area contributed by atoms with Gasteiger partial charge in [0, 0.05) is 55.7 Å². The number of nitro groups is 1. The molecule has 1 aliphatic heterocycles. The third-order valence-electron chi connectivity index (χ3n) is 6.78. The molecule has 0 unspecified atom stereocenters. The molecule has 1 aliphatic rings. The number of rotatable bonds is 10. The van der Waals surface area contributed by atoms with Crippen molar-refractivity contribution in [3.63, 3.8) is 0 Å². The van der Waals surface area contributed by atoms with Gasteiger partial charge in [0.15, 0.2) is 4.90 Å². The average molecular weight is 570 g/mol.